The van der Waals surface area contributed by atoms with Gasteiger partial charge >= 0.3 is 6.03 Å². The number of hydrogen-bond acceptors (Lipinski definition) is 2. The van der Waals surface area contributed by atoms with Gasteiger partial charge in [-0.3, -0.25) is 4.90 Å². The lowest BCUT2D eigenvalue weighted by molar-refractivity contribution is 0.104. The van der Waals surface area contributed by atoms with Crippen molar-refractivity contribution in [3.8, 4) is 0 Å². The van der Waals surface area contributed by atoms with E-state index in [1.807, 2.05) is 11.8 Å². The molecule has 0 spiro atoms. The molecule has 2 saturated heterocycles. The summed E-state index contributed by atoms with van der Waals surface area (Å²) in [6, 6.07) is 1.30. The predicted octanol–water partition coefficient (Wildman–Crippen LogP) is 0.494. The zero-order valence-corrected chi connectivity index (χ0v) is 8.99. The average molecular weight is 197 g/mol. The molecular formula is C10H19N3O. The molecule has 2 aliphatic heterocycles. The molecule has 4 heteroatoms. The molecule has 2 atom stereocenters. The number of fused-ring (bicyclic) bond motifs is 2. The zero-order chi connectivity index (χ0) is 10.1. The summed E-state index contributed by atoms with van der Waals surface area (Å²) in [5.74, 6) is 0. The molecule has 0 aromatic rings. The number of likely N-dealkylation sites (tertiary alicyclic amines) is 1. The van der Waals surface area contributed by atoms with E-state index in [9.17, 15) is 4.79 Å². The zero-order valence-electron chi connectivity index (χ0n) is 8.99. The first-order chi connectivity index (χ1) is 6.72. The van der Waals surface area contributed by atoms with Crippen LogP contribution >= 0.6 is 0 Å². The van der Waals surface area contributed by atoms with Crippen molar-refractivity contribution in [3.05, 3.63) is 0 Å². The Bertz CT molecular complexity index is 217. The summed E-state index contributed by atoms with van der Waals surface area (Å²) < 4.78 is 0. The molecule has 2 rings (SSSR count). The Kier molecular flexibility index (Phi) is 2.63. The van der Waals surface area contributed by atoms with Gasteiger partial charge in [-0.25, -0.2) is 4.79 Å². The van der Waals surface area contributed by atoms with Crippen molar-refractivity contribution in [2.75, 3.05) is 26.7 Å². The maximum atomic E-state index is 11.6. The summed E-state index contributed by atoms with van der Waals surface area (Å²) in [6.45, 7) is 4.49. The number of urea groups is 1. The third kappa shape index (κ3) is 1.59. The fourth-order valence-corrected chi connectivity index (χ4v) is 2.54. The third-order valence-corrected chi connectivity index (χ3v) is 3.46. The molecule has 2 aliphatic rings. The lowest BCUT2D eigenvalue weighted by Crippen LogP contribution is -2.55. The van der Waals surface area contributed by atoms with E-state index in [4.69, 9.17) is 0 Å². The smallest absolute Gasteiger partial charge is 0.317 e. The van der Waals surface area contributed by atoms with Crippen LogP contribution in [0, 0.1) is 0 Å². The van der Waals surface area contributed by atoms with E-state index in [1.165, 1.54) is 12.8 Å². The van der Waals surface area contributed by atoms with Crippen molar-refractivity contribution < 1.29 is 4.79 Å². The summed E-state index contributed by atoms with van der Waals surface area (Å²) in [5.41, 5.74) is 0. The van der Waals surface area contributed by atoms with Crippen LogP contribution in [-0.2, 0) is 0 Å². The van der Waals surface area contributed by atoms with E-state index in [0.717, 1.165) is 19.6 Å². The van der Waals surface area contributed by atoms with Gasteiger partial charge in [0.05, 0.1) is 0 Å². The number of hydrogen-bond donors (Lipinski definition) is 1. The molecule has 0 radical (unpaired) electrons. The van der Waals surface area contributed by atoms with Crippen molar-refractivity contribution in [2.45, 2.75) is 31.8 Å². The highest BCUT2D eigenvalue weighted by Crippen LogP contribution is 2.28. The standard InChI is InChI=1S/C10H19N3O/c1-3-11-10(14)13-6-8-4-5-9(7-13)12(8)2/h8-9H,3-7H2,1-2H3,(H,11,14). The third-order valence-electron chi connectivity index (χ3n) is 3.46. The monoisotopic (exact) mass is 197 g/mol. The lowest BCUT2D eigenvalue weighted by atomic mass is 10.2. The van der Waals surface area contributed by atoms with Gasteiger partial charge in [0.1, 0.15) is 0 Å². The van der Waals surface area contributed by atoms with Crippen LogP contribution in [0.3, 0.4) is 0 Å². The normalized spacial score (nSPS) is 32.0. The summed E-state index contributed by atoms with van der Waals surface area (Å²) >= 11 is 0. The van der Waals surface area contributed by atoms with E-state index in [0.29, 0.717) is 12.1 Å². The summed E-state index contributed by atoms with van der Waals surface area (Å²) in [7, 11) is 2.18. The van der Waals surface area contributed by atoms with Gasteiger partial charge in [0, 0.05) is 31.7 Å². The Morgan fingerprint density at radius 1 is 1.36 bits per heavy atom. The van der Waals surface area contributed by atoms with Crippen LogP contribution < -0.4 is 5.32 Å². The molecule has 14 heavy (non-hydrogen) atoms. The van der Waals surface area contributed by atoms with Gasteiger partial charge in [0.2, 0.25) is 0 Å². The maximum Gasteiger partial charge on any atom is 0.317 e. The second-order valence-electron chi connectivity index (χ2n) is 4.29. The van der Waals surface area contributed by atoms with Gasteiger partial charge in [0.25, 0.3) is 0 Å². The molecule has 2 bridgehead atoms. The predicted molar refractivity (Wildman–Crippen MR) is 55.2 cm³/mol. The Morgan fingerprint density at radius 2 is 1.93 bits per heavy atom. The van der Waals surface area contributed by atoms with E-state index in [2.05, 4.69) is 17.3 Å². The van der Waals surface area contributed by atoms with Crippen molar-refractivity contribution in [1.82, 2.24) is 15.1 Å². The molecule has 0 aromatic heterocycles. The average Bonchev–Trinajstić information content (AvgIpc) is 2.42. The largest absolute Gasteiger partial charge is 0.338 e. The van der Waals surface area contributed by atoms with Gasteiger partial charge < -0.3 is 10.2 Å². The highest BCUT2D eigenvalue weighted by atomic mass is 16.2. The second-order valence-corrected chi connectivity index (χ2v) is 4.29. The second kappa shape index (κ2) is 3.77. The van der Waals surface area contributed by atoms with Gasteiger partial charge in [-0.15, -0.1) is 0 Å². The van der Waals surface area contributed by atoms with Crippen molar-refractivity contribution in [2.24, 2.45) is 0 Å². The Labute approximate surface area is 85.2 Å². The van der Waals surface area contributed by atoms with Crippen LogP contribution in [0.1, 0.15) is 19.8 Å². The van der Waals surface area contributed by atoms with E-state index in [-0.39, 0.29) is 6.03 Å². The van der Waals surface area contributed by atoms with Crippen molar-refractivity contribution in [1.29, 1.82) is 0 Å². The number of carbonyl (C=O) groups is 1. The molecule has 2 fully saturated rings. The molecule has 0 saturated carbocycles. The van der Waals surface area contributed by atoms with Crippen LogP contribution in [-0.4, -0.2) is 54.6 Å². The van der Waals surface area contributed by atoms with Gasteiger partial charge in [-0.2, -0.15) is 0 Å². The SMILES string of the molecule is CCNC(=O)N1CC2CCC(C1)N2C. The number of likely N-dealkylation sites (N-methyl/N-ethyl adjacent to an activating group) is 1. The number of nitrogens with zero attached hydrogens (tertiary/aromatic N) is 2. The maximum absolute atomic E-state index is 11.6. The van der Waals surface area contributed by atoms with Crippen LogP contribution in [0.5, 0.6) is 0 Å². The first-order valence-corrected chi connectivity index (χ1v) is 5.47. The number of nitrogens with one attached hydrogen (secondary N) is 1. The van der Waals surface area contributed by atoms with Crippen LogP contribution in [0.4, 0.5) is 4.79 Å². The fraction of sp³-hybridized carbons (Fsp3) is 0.900. The molecule has 0 aliphatic carbocycles. The van der Waals surface area contributed by atoms with E-state index >= 15 is 0 Å². The number of carbonyl (C=O) groups excluding carboxylic acids is 1. The fourth-order valence-electron chi connectivity index (χ4n) is 2.54. The van der Waals surface area contributed by atoms with Crippen LogP contribution in [0.15, 0.2) is 0 Å². The van der Waals surface area contributed by atoms with Crippen molar-refractivity contribution >= 4 is 6.03 Å². The molecular weight excluding hydrogens is 178 g/mol. The Balaban J connectivity index is 1.95. The molecule has 4 nitrogen and oxygen atoms in total. The highest BCUT2D eigenvalue weighted by Gasteiger charge is 2.38. The van der Waals surface area contributed by atoms with Gasteiger partial charge in [0.15, 0.2) is 0 Å². The minimum atomic E-state index is 0.109. The quantitative estimate of drug-likeness (QED) is 0.664. The van der Waals surface area contributed by atoms with E-state index in [1.54, 1.807) is 0 Å². The molecule has 0 aromatic carbocycles. The van der Waals surface area contributed by atoms with Gasteiger partial charge in [-0.05, 0) is 26.8 Å². The summed E-state index contributed by atoms with van der Waals surface area (Å²) in [4.78, 5) is 16.0. The van der Waals surface area contributed by atoms with Gasteiger partial charge in [-0.1, -0.05) is 0 Å². The molecule has 2 amide bonds. The minimum Gasteiger partial charge on any atom is -0.338 e. The first-order valence-electron chi connectivity index (χ1n) is 5.47. The van der Waals surface area contributed by atoms with Crippen LogP contribution in [0.2, 0.25) is 0 Å². The van der Waals surface area contributed by atoms with Crippen molar-refractivity contribution in [3.63, 3.8) is 0 Å². The highest BCUT2D eigenvalue weighted by molar-refractivity contribution is 5.74. The topological polar surface area (TPSA) is 35.6 Å². The molecule has 2 heterocycles. The minimum absolute atomic E-state index is 0.109. The first kappa shape index (κ1) is 9.77. The lowest BCUT2D eigenvalue weighted by Gasteiger charge is -2.38. The summed E-state index contributed by atoms with van der Waals surface area (Å²) in [6.07, 6.45) is 2.49. The number of amides is 2. The number of piperazine rings is 1. The Hall–Kier alpha value is -0.770. The molecule has 80 valence electrons. The van der Waals surface area contributed by atoms with E-state index < -0.39 is 0 Å². The molecule has 1 N–H and O–H groups in total. The molecule has 2 unspecified atom stereocenters. The number of rotatable bonds is 1. The summed E-state index contributed by atoms with van der Waals surface area (Å²) in [5, 5.41) is 2.87. The van der Waals surface area contributed by atoms with Crippen LogP contribution in [0.25, 0.3) is 0 Å². The Morgan fingerprint density at radius 3 is 2.43 bits per heavy atom.